The van der Waals surface area contributed by atoms with E-state index in [2.05, 4.69) is 29.5 Å². The third-order valence-electron chi connectivity index (χ3n) is 2.38. The normalized spacial score (nSPS) is 10.4. The Labute approximate surface area is 103 Å². The fourth-order valence-electron chi connectivity index (χ4n) is 1.42. The first-order valence-corrected chi connectivity index (χ1v) is 6.11. The number of amides is 1. The van der Waals surface area contributed by atoms with Crippen LogP contribution < -0.4 is 10.6 Å². The van der Waals surface area contributed by atoms with Crippen LogP contribution in [-0.4, -0.2) is 24.0 Å². The van der Waals surface area contributed by atoms with Crippen LogP contribution in [0.5, 0.6) is 0 Å². The Balaban J connectivity index is 2.56. The lowest BCUT2D eigenvalue weighted by Gasteiger charge is -2.09. The minimum Gasteiger partial charge on any atom is -0.385 e. The highest BCUT2D eigenvalue weighted by Crippen LogP contribution is 2.09. The molecule has 0 atom stereocenters. The zero-order valence-corrected chi connectivity index (χ0v) is 10.8. The Morgan fingerprint density at radius 2 is 2.24 bits per heavy atom. The zero-order chi connectivity index (χ0) is 12.7. The van der Waals surface area contributed by atoms with Crippen LogP contribution in [0, 0.1) is 5.92 Å². The predicted molar refractivity (Wildman–Crippen MR) is 70.2 cm³/mol. The van der Waals surface area contributed by atoms with Gasteiger partial charge in [-0.1, -0.05) is 13.8 Å². The number of nitrogens with zero attached hydrogens (tertiary/aromatic N) is 1. The molecular weight excluding hydrogens is 214 g/mol. The number of nitrogens with one attached hydrogen (secondary N) is 2. The van der Waals surface area contributed by atoms with Crippen LogP contribution >= 0.6 is 0 Å². The largest absolute Gasteiger partial charge is 0.385 e. The minimum atomic E-state index is -0.125. The Kier molecular flexibility index (Phi) is 5.46. The van der Waals surface area contributed by atoms with Gasteiger partial charge in [0.1, 0.15) is 5.69 Å². The number of aromatic nitrogens is 1. The summed E-state index contributed by atoms with van der Waals surface area (Å²) in [6.07, 6.45) is 2.76. The number of anilines is 1. The maximum atomic E-state index is 11.6. The van der Waals surface area contributed by atoms with E-state index >= 15 is 0 Å². The van der Waals surface area contributed by atoms with Gasteiger partial charge in [0, 0.05) is 25.0 Å². The molecule has 0 radical (unpaired) electrons. The van der Waals surface area contributed by atoms with Crippen molar-refractivity contribution in [2.75, 3.05) is 18.4 Å². The number of hydrogen-bond acceptors (Lipinski definition) is 3. The van der Waals surface area contributed by atoms with Crippen molar-refractivity contribution in [2.45, 2.75) is 27.2 Å². The van der Waals surface area contributed by atoms with Crippen LogP contribution in [0.4, 0.5) is 5.69 Å². The van der Waals surface area contributed by atoms with E-state index in [1.165, 1.54) is 0 Å². The summed E-state index contributed by atoms with van der Waals surface area (Å²) in [5.41, 5.74) is 1.41. The molecule has 0 unspecified atom stereocenters. The van der Waals surface area contributed by atoms with Gasteiger partial charge in [-0.2, -0.15) is 0 Å². The molecule has 1 heterocycles. The van der Waals surface area contributed by atoms with E-state index in [-0.39, 0.29) is 5.91 Å². The average molecular weight is 235 g/mol. The Morgan fingerprint density at radius 1 is 1.47 bits per heavy atom. The molecule has 17 heavy (non-hydrogen) atoms. The standard InChI is InChI=1S/C13H21N3O/c1-4-14-13(17)12-9-11(6-8-16-12)15-7-5-10(2)3/h6,8-10H,4-5,7H2,1-3H3,(H,14,17)(H,15,16). The van der Waals surface area contributed by atoms with Crippen LogP contribution in [0.1, 0.15) is 37.7 Å². The van der Waals surface area contributed by atoms with E-state index in [0.717, 1.165) is 18.7 Å². The topological polar surface area (TPSA) is 54.0 Å². The van der Waals surface area contributed by atoms with E-state index in [9.17, 15) is 4.79 Å². The SMILES string of the molecule is CCNC(=O)c1cc(NCCC(C)C)ccn1. The first kappa shape index (κ1) is 13.5. The van der Waals surface area contributed by atoms with Crippen molar-refractivity contribution in [2.24, 2.45) is 5.92 Å². The summed E-state index contributed by atoms with van der Waals surface area (Å²) in [6.45, 7) is 7.80. The molecule has 4 nitrogen and oxygen atoms in total. The van der Waals surface area contributed by atoms with Crippen LogP contribution in [0.2, 0.25) is 0 Å². The summed E-state index contributed by atoms with van der Waals surface area (Å²) in [6, 6.07) is 3.66. The number of carbonyl (C=O) groups excluding carboxylic acids is 1. The molecule has 0 saturated carbocycles. The lowest BCUT2D eigenvalue weighted by Crippen LogP contribution is -2.23. The van der Waals surface area contributed by atoms with Gasteiger partial charge in [-0.3, -0.25) is 9.78 Å². The van der Waals surface area contributed by atoms with E-state index in [0.29, 0.717) is 18.2 Å². The van der Waals surface area contributed by atoms with Crippen molar-refractivity contribution in [3.63, 3.8) is 0 Å². The van der Waals surface area contributed by atoms with E-state index in [1.807, 2.05) is 13.0 Å². The van der Waals surface area contributed by atoms with Crippen molar-refractivity contribution < 1.29 is 4.79 Å². The molecular formula is C13H21N3O. The van der Waals surface area contributed by atoms with Gasteiger partial charge in [0.15, 0.2) is 0 Å². The molecule has 0 spiro atoms. The lowest BCUT2D eigenvalue weighted by molar-refractivity contribution is 0.0951. The van der Waals surface area contributed by atoms with E-state index in [4.69, 9.17) is 0 Å². The highest BCUT2D eigenvalue weighted by molar-refractivity contribution is 5.93. The van der Waals surface area contributed by atoms with Crippen molar-refractivity contribution in [3.8, 4) is 0 Å². The van der Waals surface area contributed by atoms with Crippen LogP contribution in [0.25, 0.3) is 0 Å². The Hall–Kier alpha value is -1.58. The summed E-state index contributed by atoms with van der Waals surface area (Å²) in [5.74, 6) is 0.548. The van der Waals surface area contributed by atoms with Crippen LogP contribution in [-0.2, 0) is 0 Å². The van der Waals surface area contributed by atoms with Gasteiger partial charge in [0.25, 0.3) is 5.91 Å². The van der Waals surface area contributed by atoms with Crippen molar-refractivity contribution >= 4 is 11.6 Å². The third-order valence-corrected chi connectivity index (χ3v) is 2.38. The van der Waals surface area contributed by atoms with E-state index in [1.54, 1.807) is 12.3 Å². The molecule has 0 aliphatic heterocycles. The Bertz CT molecular complexity index is 363. The monoisotopic (exact) mass is 235 g/mol. The predicted octanol–water partition coefficient (Wildman–Crippen LogP) is 2.29. The summed E-state index contributed by atoms with van der Waals surface area (Å²) < 4.78 is 0. The second-order valence-electron chi connectivity index (χ2n) is 4.40. The highest BCUT2D eigenvalue weighted by Gasteiger charge is 2.06. The van der Waals surface area contributed by atoms with Gasteiger partial charge in [-0.15, -0.1) is 0 Å². The first-order chi connectivity index (χ1) is 8.13. The molecule has 2 N–H and O–H groups in total. The molecule has 0 aliphatic rings. The van der Waals surface area contributed by atoms with Crippen molar-refractivity contribution in [1.29, 1.82) is 0 Å². The number of rotatable bonds is 6. The molecule has 1 rings (SSSR count). The first-order valence-electron chi connectivity index (χ1n) is 6.11. The second-order valence-corrected chi connectivity index (χ2v) is 4.40. The van der Waals surface area contributed by atoms with Gasteiger partial charge >= 0.3 is 0 Å². The summed E-state index contributed by atoms with van der Waals surface area (Å²) in [4.78, 5) is 15.6. The van der Waals surface area contributed by atoms with Crippen LogP contribution in [0.15, 0.2) is 18.3 Å². The molecule has 0 bridgehead atoms. The molecule has 0 aromatic carbocycles. The molecule has 1 aromatic heterocycles. The van der Waals surface area contributed by atoms with Gasteiger partial charge in [-0.05, 0) is 31.4 Å². The average Bonchev–Trinajstić information content (AvgIpc) is 2.29. The van der Waals surface area contributed by atoms with Gasteiger partial charge in [-0.25, -0.2) is 0 Å². The van der Waals surface area contributed by atoms with Gasteiger partial charge in [0.05, 0.1) is 0 Å². The molecule has 4 heteroatoms. The highest BCUT2D eigenvalue weighted by atomic mass is 16.1. The van der Waals surface area contributed by atoms with Gasteiger partial charge in [0.2, 0.25) is 0 Å². The third kappa shape index (κ3) is 4.85. The summed E-state index contributed by atoms with van der Waals surface area (Å²) in [5, 5.41) is 6.03. The molecule has 94 valence electrons. The smallest absolute Gasteiger partial charge is 0.269 e. The minimum absolute atomic E-state index is 0.125. The lowest BCUT2D eigenvalue weighted by atomic mass is 10.1. The molecule has 0 fully saturated rings. The quantitative estimate of drug-likeness (QED) is 0.795. The summed E-state index contributed by atoms with van der Waals surface area (Å²) in [7, 11) is 0. The van der Waals surface area contributed by atoms with Gasteiger partial charge < -0.3 is 10.6 Å². The van der Waals surface area contributed by atoms with E-state index < -0.39 is 0 Å². The molecule has 0 saturated heterocycles. The maximum Gasteiger partial charge on any atom is 0.269 e. The number of carbonyl (C=O) groups is 1. The van der Waals surface area contributed by atoms with Crippen molar-refractivity contribution in [3.05, 3.63) is 24.0 Å². The maximum absolute atomic E-state index is 11.6. The molecule has 1 amide bonds. The van der Waals surface area contributed by atoms with Crippen LogP contribution in [0.3, 0.4) is 0 Å². The number of hydrogen-bond donors (Lipinski definition) is 2. The fourth-order valence-corrected chi connectivity index (χ4v) is 1.42. The summed E-state index contributed by atoms with van der Waals surface area (Å²) >= 11 is 0. The zero-order valence-electron chi connectivity index (χ0n) is 10.8. The number of pyridine rings is 1. The Morgan fingerprint density at radius 3 is 2.88 bits per heavy atom. The molecule has 0 aliphatic carbocycles. The fraction of sp³-hybridized carbons (Fsp3) is 0.538. The van der Waals surface area contributed by atoms with Crippen molar-refractivity contribution in [1.82, 2.24) is 10.3 Å². The second kappa shape index (κ2) is 6.89. The molecule has 1 aromatic rings.